The number of nitrogens with zero attached hydrogens (tertiary/aromatic N) is 3. The summed E-state index contributed by atoms with van der Waals surface area (Å²) >= 11 is 6.19. The molecule has 1 aliphatic heterocycles. The first-order valence-electron chi connectivity index (χ1n) is 8.12. The molecular weight excluding hydrogens is 326 g/mol. The Bertz CT molecular complexity index is 785. The van der Waals surface area contributed by atoms with Gasteiger partial charge >= 0.3 is 0 Å². The number of aromatic nitrogens is 2. The van der Waals surface area contributed by atoms with E-state index in [1.807, 2.05) is 44.6 Å². The zero-order valence-corrected chi connectivity index (χ0v) is 15.2. The number of hydrogen-bond donors (Lipinski definition) is 0. The number of hydrogen-bond acceptors (Lipinski definition) is 3. The summed E-state index contributed by atoms with van der Waals surface area (Å²) in [5, 5.41) is 4.98. The summed E-state index contributed by atoms with van der Waals surface area (Å²) in [7, 11) is 1.93. The molecule has 0 radical (unpaired) electrons. The molecule has 0 bridgehead atoms. The van der Waals surface area contributed by atoms with Crippen molar-refractivity contribution in [1.29, 1.82) is 0 Å². The molecule has 0 N–H and O–H groups in total. The molecular formula is C18H22ClN3O2. The van der Waals surface area contributed by atoms with Gasteiger partial charge in [0, 0.05) is 18.7 Å². The quantitative estimate of drug-likeness (QED) is 0.856. The van der Waals surface area contributed by atoms with Gasteiger partial charge in [-0.05, 0) is 38.0 Å². The Balaban J connectivity index is 1.84. The van der Waals surface area contributed by atoms with Crippen molar-refractivity contribution >= 4 is 23.2 Å². The molecule has 1 aliphatic rings. The number of amides is 1. The summed E-state index contributed by atoms with van der Waals surface area (Å²) in [4.78, 5) is 14.8. The number of halogens is 1. The highest BCUT2D eigenvalue weighted by Crippen LogP contribution is 2.38. The summed E-state index contributed by atoms with van der Waals surface area (Å²) in [6.07, 6.45) is 0.678. The topological polar surface area (TPSA) is 47.4 Å². The molecule has 1 amide bonds. The average Bonchev–Trinajstić information content (AvgIpc) is 2.80. The molecule has 1 atom stereocenters. The maximum Gasteiger partial charge on any atom is 0.230 e. The minimum Gasteiger partial charge on any atom is -0.488 e. The van der Waals surface area contributed by atoms with Gasteiger partial charge in [-0.2, -0.15) is 5.10 Å². The molecule has 0 spiro atoms. The van der Waals surface area contributed by atoms with Crippen LogP contribution in [0.3, 0.4) is 0 Å². The third-order valence-corrected chi connectivity index (χ3v) is 4.95. The molecule has 1 aromatic carbocycles. The van der Waals surface area contributed by atoms with Gasteiger partial charge in [0.15, 0.2) is 5.75 Å². The van der Waals surface area contributed by atoms with Crippen LogP contribution in [0.25, 0.3) is 0 Å². The fourth-order valence-electron chi connectivity index (χ4n) is 3.21. The summed E-state index contributed by atoms with van der Waals surface area (Å²) in [6, 6.07) is 5.50. The number of rotatable bonds is 3. The first-order valence-corrected chi connectivity index (χ1v) is 8.49. The maximum atomic E-state index is 13.0. The second-order valence-electron chi connectivity index (χ2n) is 6.30. The Morgan fingerprint density at radius 3 is 2.83 bits per heavy atom. The number of anilines is 1. The Labute approximate surface area is 147 Å². The van der Waals surface area contributed by atoms with Crippen molar-refractivity contribution < 1.29 is 9.53 Å². The fourth-order valence-corrected chi connectivity index (χ4v) is 3.44. The van der Waals surface area contributed by atoms with Crippen LogP contribution < -0.4 is 9.64 Å². The van der Waals surface area contributed by atoms with Crippen LogP contribution in [-0.4, -0.2) is 28.8 Å². The summed E-state index contributed by atoms with van der Waals surface area (Å²) in [5.41, 5.74) is 4.00. The van der Waals surface area contributed by atoms with Gasteiger partial charge in [0.05, 0.1) is 22.9 Å². The number of aryl methyl sites for hydroxylation is 2. The van der Waals surface area contributed by atoms with E-state index in [1.165, 1.54) is 0 Å². The van der Waals surface area contributed by atoms with Gasteiger partial charge in [0.1, 0.15) is 6.61 Å². The summed E-state index contributed by atoms with van der Waals surface area (Å²) < 4.78 is 7.50. The van der Waals surface area contributed by atoms with Crippen LogP contribution in [0.1, 0.15) is 23.9 Å². The molecule has 6 heteroatoms. The van der Waals surface area contributed by atoms with Crippen molar-refractivity contribution in [2.75, 3.05) is 18.1 Å². The Kier molecular flexibility index (Phi) is 4.54. The van der Waals surface area contributed by atoms with E-state index >= 15 is 0 Å². The zero-order valence-electron chi connectivity index (χ0n) is 14.5. The predicted molar refractivity (Wildman–Crippen MR) is 94.9 cm³/mol. The van der Waals surface area contributed by atoms with Gasteiger partial charge in [-0.3, -0.25) is 9.48 Å². The van der Waals surface area contributed by atoms with E-state index in [2.05, 4.69) is 5.10 Å². The molecule has 0 saturated carbocycles. The van der Waals surface area contributed by atoms with Crippen LogP contribution in [0.4, 0.5) is 5.69 Å². The highest BCUT2D eigenvalue weighted by molar-refractivity contribution is 6.32. The molecule has 0 fully saturated rings. The number of ether oxygens (including phenoxy) is 1. The second-order valence-corrected chi connectivity index (χ2v) is 6.71. The number of benzene rings is 1. The Morgan fingerprint density at radius 2 is 2.17 bits per heavy atom. The molecule has 0 aliphatic carbocycles. The van der Waals surface area contributed by atoms with Crippen molar-refractivity contribution in [3.63, 3.8) is 0 Å². The van der Waals surface area contributed by atoms with Crippen molar-refractivity contribution in [1.82, 2.24) is 9.78 Å². The van der Waals surface area contributed by atoms with Gasteiger partial charge in [-0.15, -0.1) is 0 Å². The standard InChI is InChI=1S/C18H22ClN3O2/c1-11(10-14-12(2)20-21(4)13(14)3)18(23)22-8-9-24-17-15(19)6-5-7-16(17)22/h5-7,11H,8-10H2,1-4H3. The molecule has 128 valence electrons. The Hall–Kier alpha value is -2.01. The first-order chi connectivity index (χ1) is 11.4. The highest BCUT2D eigenvalue weighted by atomic mass is 35.5. The van der Waals surface area contributed by atoms with Crippen molar-refractivity contribution in [2.24, 2.45) is 13.0 Å². The smallest absolute Gasteiger partial charge is 0.230 e. The molecule has 3 rings (SSSR count). The summed E-state index contributed by atoms with van der Waals surface area (Å²) in [5.74, 6) is 0.542. The van der Waals surface area contributed by atoms with Gasteiger partial charge in [0.25, 0.3) is 0 Å². The molecule has 1 aromatic heterocycles. The Morgan fingerprint density at radius 1 is 1.42 bits per heavy atom. The average molecular weight is 348 g/mol. The van der Waals surface area contributed by atoms with E-state index in [0.29, 0.717) is 30.3 Å². The third kappa shape index (κ3) is 2.88. The second kappa shape index (κ2) is 6.48. The van der Waals surface area contributed by atoms with E-state index in [0.717, 1.165) is 22.6 Å². The first kappa shape index (κ1) is 16.8. The van der Waals surface area contributed by atoms with Gasteiger partial charge in [-0.1, -0.05) is 24.6 Å². The van der Waals surface area contributed by atoms with Crippen LogP contribution in [0, 0.1) is 19.8 Å². The van der Waals surface area contributed by atoms with Crippen LogP contribution >= 0.6 is 11.6 Å². The molecule has 2 aromatic rings. The van der Waals surface area contributed by atoms with Gasteiger partial charge in [-0.25, -0.2) is 0 Å². The van der Waals surface area contributed by atoms with Crippen LogP contribution in [0.15, 0.2) is 18.2 Å². The molecule has 2 heterocycles. The lowest BCUT2D eigenvalue weighted by Crippen LogP contribution is -2.41. The monoisotopic (exact) mass is 347 g/mol. The maximum absolute atomic E-state index is 13.0. The zero-order chi connectivity index (χ0) is 17.4. The van der Waals surface area contributed by atoms with Crippen molar-refractivity contribution in [3.05, 3.63) is 40.2 Å². The summed E-state index contributed by atoms with van der Waals surface area (Å²) in [6.45, 7) is 7.00. The minimum absolute atomic E-state index is 0.0875. The van der Waals surface area contributed by atoms with E-state index in [-0.39, 0.29) is 11.8 Å². The fraction of sp³-hybridized carbons (Fsp3) is 0.444. The van der Waals surface area contributed by atoms with E-state index in [9.17, 15) is 4.79 Å². The van der Waals surface area contributed by atoms with Crippen LogP contribution in [-0.2, 0) is 18.3 Å². The SMILES string of the molecule is Cc1nn(C)c(C)c1CC(C)C(=O)N1CCOc2c(Cl)cccc21. The molecule has 24 heavy (non-hydrogen) atoms. The van der Waals surface area contributed by atoms with Crippen molar-refractivity contribution in [3.8, 4) is 5.75 Å². The van der Waals surface area contributed by atoms with Crippen LogP contribution in [0.2, 0.25) is 5.02 Å². The van der Waals surface area contributed by atoms with Gasteiger partial charge in [0.2, 0.25) is 5.91 Å². The van der Waals surface area contributed by atoms with Crippen LogP contribution in [0.5, 0.6) is 5.75 Å². The van der Waals surface area contributed by atoms with Crippen molar-refractivity contribution in [2.45, 2.75) is 27.2 Å². The van der Waals surface area contributed by atoms with Gasteiger partial charge < -0.3 is 9.64 Å². The van der Waals surface area contributed by atoms with E-state index < -0.39 is 0 Å². The lowest BCUT2D eigenvalue weighted by atomic mass is 9.98. The lowest BCUT2D eigenvalue weighted by Gasteiger charge is -2.32. The molecule has 5 nitrogen and oxygen atoms in total. The number of carbonyl (C=O) groups excluding carboxylic acids is 1. The predicted octanol–water partition coefficient (Wildman–Crippen LogP) is 3.29. The highest BCUT2D eigenvalue weighted by Gasteiger charge is 2.29. The largest absolute Gasteiger partial charge is 0.488 e. The minimum atomic E-state index is -0.142. The lowest BCUT2D eigenvalue weighted by molar-refractivity contribution is -0.122. The number of fused-ring (bicyclic) bond motifs is 1. The molecule has 0 saturated heterocycles. The number of para-hydroxylation sites is 1. The van der Waals surface area contributed by atoms with E-state index in [1.54, 1.807) is 11.0 Å². The third-order valence-electron chi connectivity index (χ3n) is 4.66. The van der Waals surface area contributed by atoms with E-state index in [4.69, 9.17) is 16.3 Å². The number of carbonyl (C=O) groups is 1. The normalized spacial score (nSPS) is 15.0. The molecule has 1 unspecified atom stereocenters.